The molecule has 0 N–H and O–H groups in total. The summed E-state index contributed by atoms with van der Waals surface area (Å²) in [5, 5.41) is 2.23. The van der Waals surface area contributed by atoms with Gasteiger partial charge in [-0.1, -0.05) is 72.8 Å². The maximum Gasteiger partial charge on any atom is 0.410 e. The van der Waals surface area contributed by atoms with Crippen LogP contribution in [0.2, 0.25) is 0 Å². The summed E-state index contributed by atoms with van der Waals surface area (Å²) in [6.45, 7) is 9.30. The first-order chi connectivity index (χ1) is 20.1. The van der Waals surface area contributed by atoms with Gasteiger partial charge in [-0.2, -0.15) is 0 Å². The van der Waals surface area contributed by atoms with Gasteiger partial charge in [0.25, 0.3) is 0 Å². The molecule has 3 aromatic carbocycles. The summed E-state index contributed by atoms with van der Waals surface area (Å²) >= 11 is 0. The Labute approximate surface area is 249 Å². The number of amides is 2. The standard InChI is InChI=1S/C35H44N2O5/c1-25(29-19-13-17-26-16-9-10-18-30(26)29)37(34(40)42-35(2,3)4)23-28-22-36(24-31(28)27-14-7-6-8-15-27)32(38)20-11-12-21-33(39)41-5/h6-10,13-19,25,28,31H,11-12,20-24H2,1-5H3/t25-,28-,31-/m1/s1. The van der Waals surface area contributed by atoms with Crippen molar-refractivity contribution in [3.8, 4) is 0 Å². The van der Waals surface area contributed by atoms with Gasteiger partial charge in [-0.15, -0.1) is 0 Å². The van der Waals surface area contributed by atoms with E-state index in [0.29, 0.717) is 45.3 Å². The molecule has 3 aromatic rings. The first-order valence-electron chi connectivity index (χ1n) is 14.9. The molecule has 1 saturated heterocycles. The zero-order valence-corrected chi connectivity index (χ0v) is 25.5. The van der Waals surface area contributed by atoms with Crippen molar-refractivity contribution in [3.05, 3.63) is 83.9 Å². The fourth-order valence-electron chi connectivity index (χ4n) is 5.89. The predicted molar refractivity (Wildman–Crippen MR) is 165 cm³/mol. The fourth-order valence-corrected chi connectivity index (χ4v) is 5.89. The van der Waals surface area contributed by atoms with Crippen LogP contribution in [0.5, 0.6) is 0 Å². The molecule has 0 radical (unpaired) electrons. The Morgan fingerprint density at radius 3 is 2.29 bits per heavy atom. The minimum atomic E-state index is -0.644. The molecule has 4 rings (SSSR count). The van der Waals surface area contributed by atoms with Crippen molar-refractivity contribution in [3.63, 3.8) is 0 Å². The van der Waals surface area contributed by atoms with Crippen LogP contribution in [-0.2, 0) is 19.1 Å². The van der Waals surface area contributed by atoms with Gasteiger partial charge in [-0.25, -0.2) is 4.79 Å². The summed E-state index contributed by atoms with van der Waals surface area (Å²) in [5.41, 5.74) is 1.58. The predicted octanol–water partition coefficient (Wildman–Crippen LogP) is 7.11. The molecule has 1 aliphatic heterocycles. The molecule has 0 aliphatic carbocycles. The van der Waals surface area contributed by atoms with E-state index in [-0.39, 0.29) is 35.8 Å². The molecular weight excluding hydrogens is 528 g/mol. The van der Waals surface area contributed by atoms with Gasteiger partial charge >= 0.3 is 12.1 Å². The van der Waals surface area contributed by atoms with Gasteiger partial charge in [0, 0.05) is 44.3 Å². The fraction of sp³-hybridized carbons (Fsp3) is 0.457. The largest absolute Gasteiger partial charge is 0.469 e. The van der Waals surface area contributed by atoms with Gasteiger partial charge in [-0.3, -0.25) is 9.59 Å². The number of fused-ring (bicyclic) bond motifs is 1. The van der Waals surface area contributed by atoms with E-state index in [2.05, 4.69) is 43.3 Å². The van der Waals surface area contributed by atoms with Gasteiger partial charge < -0.3 is 19.3 Å². The second-order valence-corrected chi connectivity index (χ2v) is 12.2. The van der Waals surface area contributed by atoms with E-state index in [1.54, 1.807) is 0 Å². The number of unbranched alkanes of at least 4 members (excludes halogenated alkanes) is 1. The average molecular weight is 573 g/mol. The Kier molecular flexibility index (Phi) is 10.3. The highest BCUT2D eigenvalue weighted by Crippen LogP contribution is 2.37. The molecule has 2 amide bonds. The van der Waals surface area contributed by atoms with Gasteiger partial charge in [0.15, 0.2) is 0 Å². The molecule has 0 bridgehead atoms. The molecule has 1 aliphatic rings. The molecule has 7 nitrogen and oxygen atoms in total. The molecule has 1 fully saturated rings. The second-order valence-electron chi connectivity index (χ2n) is 12.2. The van der Waals surface area contributed by atoms with Gasteiger partial charge in [0.05, 0.1) is 13.2 Å². The first-order valence-corrected chi connectivity index (χ1v) is 14.9. The van der Waals surface area contributed by atoms with Gasteiger partial charge in [0.1, 0.15) is 5.60 Å². The number of esters is 1. The first kappa shape index (κ1) is 31.1. The molecular formula is C35H44N2O5. The van der Waals surface area contributed by atoms with Crippen LogP contribution in [0.3, 0.4) is 0 Å². The maximum absolute atomic E-state index is 13.8. The van der Waals surface area contributed by atoms with Crippen molar-refractivity contribution in [2.45, 2.75) is 70.9 Å². The highest BCUT2D eigenvalue weighted by atomic mass is 16.6. The Hall–Kier alpha value is -3.87. The summed E-state index contributed by atoms with van der Waals surface area (Å²) in [7, 11) is 1.38. The maximum atomic E-state index is 13.8. The van der Waals surface area contributed by atoms with Crippen molar-refractivity contribution < 1.29 is 23.9 Å². The zero-order valence-electron chi connectivity index (χ0n) is 25.5. The topological polar surface area (TPSA) is 76.2 Å². The third-order valence-electron chi connectivity index (χ3n) is 8.07. The smallest absolute Gasteiger partial charge is 0.410 e. The highest BCUT2D eigenvalue weighted by Gasteiger charge is 2.39. The van der Waals surface area contributed by atoms with E-state index in [9.17, 15) is 14.4 Å². The van der Waals surface area contributed by atoms with E-state index < -0.39 is 5.60 Å². The number of carbonyl (C=O) groups is 3. The number of rotatable bonds is 10. The van der Waals surface area contributed by atoms with E-state index in [1.807, 2.05) is 67.0 Å². The minimum absolute atomic E-state index is 0.0244. The van der Waals surface area contributed by atoms with Crippen molar-refractivity contribution >= 4 is 28.7 Å². The lowest BCUT2D eigenvalue weighted by molar-refractivity contribution is -0.141. The van der Waals surface area contributed by atoms with E-state index >= 15 is 0 Å². The quantitative estimate of drug-likeness (QED) is 0.191. The van der Waals surface area contributed by atoms with Crippen LogP contribution in [0.1, 0.15) is 76.5 Å². The molecule has 0 spiro atoms. The number of carbonyl (C=O) groups excluding carboxylic acids is 3. The minimum Gasteiger partial charge on any atom is -0.469 e. The Bertz CT molecular complexity index is 1360. The number of benzene rings is 3. The Morgan fingerprint density at radius 1 is 0.905 bits per heavy atom. The second kappa shape index (κ2) is 13.9. The lowest BCUT2D eigenvalue weighted by Gasteiger charge is -2.35. The normalized spacial score (nSPS) is 17.6. The monoisotopic (exact) mass is 572 g/mol. The summed E-state index contributed by atoms with van der Waals surface area (Å²) in [6, 6.07) is 24.4. The van der Waals surface area contributed by atoms with Crippen LogP contribution in [0.4, 0.5) is 4.79 Å². The van der Waals surface area contributed by atoms with Crippen molar-refractivity contribution in [2.75, 3.05) is 26.7 Å². The van der Waals surface area contributed by atoms with Crippen molar-refractivity contribution in [1.82, 2.24) is 9.80 Å². The Balaban J connectivity index is 1.60. The molecule has 7 heteroatoms. The molecule has 42 heavy (non-hydrogen) atoms. The summed E-state index contributed by atoms with van der Waals surface area (Å²) in [6.07, 6.45) is 1.59. The van der Waals surface area contributed by atoms with Crippen LogP contribution >= 0.6 is 0 Å². The highest BCUT2D eigenvalue weighted by molar-refractivity contribution is 5.86. The van der Waals surface area contributed by atoms with Crippen LogP contribution in [0.15, 0.2) is 72.8 Å². The van der Waals surface area contributed by atoms with E-state index in [0.717, 1.165) is 21.9 Å². The molecule has 1 heterocycles. The number of ether oxygens (including phenoxy) is 2. The molecule has 3 atom stereocenters. The summed E-state index contributed by atoms with van der Waals surface area (Å²) in [5.74, 6) is -0.0733. The third kappa shape index (κ3) is 7.90. The lowest BCUT2D eigenvalue weighted by Crippen LogP contribution is -2.42. The van der Waals surface area contributed by atoms with Crippen LogP contribution < -0.4 is 0 Å². The van der Waals surface area contributed by atoms with E-state index in [1.165, 1.54) is 7.11 Å². The average Bonchev–Trinajstić information content (AvgIpc) is 3.41. The number of hydrogen-bond acceptors (Lipinski definition) is 5. The molecule has 224 valence electrons. The summed E-state index contributed by atoms with van der Waals surface area (Å²) in [4.78, 5) is 42.3. The number of methoxy groups -OCH3 is 1. The SMILES string of the molecule is COC(=O)CCCCC(=O)N1C[C@H](CN(C(=O)OC(C)(C)C)[C@H](C)c2cccc3ccccc23)[C@@H](c2ccccc2)C1. The molecule has 0 aromatic heterocycles. The third-order valence-corrected chi connectivity index (χ3v) is 8.07. The van der Waals surface area contributed by atoms with Crippen LogP contribution in [0, 0.1) is 5.92 Å². The lowest BCUT2D eigenvalue weighted by atomic mass is 9.88. The zero-order chi connectivity index (χ0) is 30.3. The summed E-state index contributed by atoms with van der Waals surface area (Å²) < 4.78 is 10.7. The Morgan fingerprint density at radius 2 is 1.57 bits per heavy atom. The van der Waals surface area contributed by atoms with Crippen LogP contribution in [0.25, 0.3) is 10.8 Å². The molecule has 0 unspecified atom stereocenters. The van der Waals surface area contributed by atoms with E-state index in [4.69, 9.17) is 9.47 Å². The van der Waals surface area contributed by atoms with Gasteiger partial charge in [-0.05, 0) is 62.4 Å². The number of hydrogen-bond donors (Lipinski definition) is 0. The van der Waals surface area contributed by atoms with Gasteiger partial charge in [0.2, 0.25) is 5.91 Å². The van der Waals surface area contributed by atoms with Crippen LogP contribution in [-0.4, -0.2) is 60.1 Å². The van der Waals surface area contributed by atoms with Crippen molar-refractivity contribution in [2.24, 2.45) is 5.92 Å². The van der Waals surface area contributed by atoms with Crippen molar-refractivity contribution in [1.29, 1.82) is 0 Å². The molecule has 0 saturated carbocycles. The number of nitrogens with zero attached hydrogens (tertiary/aromatic N) is 2. The number of likely N-dealkylation sites (tertiary alicyclic amines) is 1.